The number of amides is 1. The van der Waals surface area contributed by atoms with Gasteiger partial charge in [-0.25, -0.2) is 14.2 Å². The van der Waals surface area contributed by atoms with Gasteiger partial charge in [0.1, 0.15) is 5.82 Å². The van der Waals surface area contributed by atoms with Gasteiger partial charge in [-0.3, -0.25) is 4.79 Å². The molecule has 0 saturated heterocycles. The monoisotopic (exact) mass is 292 g/mol. The Kier molecular flexibility index (Phi) is 4.17. The summed E-state index contributed by atoms with van der Waals surface area (Å²) in [5, 5.41) is 11.3. The molecule has 21 heavy (non-hydrogen) atoms. The van der Waals surface area contributed by atoms with Crippen LogP contribution < -0.4 is 11.1 Å². The summed E-state index contributed by atoms with van der Waals surface area (Å²) in [6, 6.07) is 3.55. The second-order valence-corrected chi connectivity index (χ2v) is 4.29. The average molecular weight is 292 g/mol. The lowest BCUT2D eigenvalue weighted by molar-refractivity contribution is 0.0690. The lowest BCUT2D eigenvalue weighted by Crippen LogP contribution is -2.27. The van der Waals surface area contributed by atoms with Crippen molar-refractivity contribution >= 4 is 17.6 Å². The number of nitrogens with zero attached hydrogens (tertiary/aromatic N) is 2. The van der Waals surface area contributed by atoms with Gasteiger partial charge in [-0.15, -0.1) is 0 Å². The first-order valence-corrected chi connectivity index (χ1v) is 6.05. The summed E-state index contributed by atoms with van der Waals surface area (Å²) in [5.41, 5.74) is 5.78. The number of hydrogen-bond donors (Lipinski definition) is 3. The highest BCUT2D eigenvalue weighted by molar-refractivity contribution is 5.99. The van der Waals surface area contributed by atoms with E-state index in [4.69, 9.17) is 10.8 Å². The van der Waals surface area contributed by atoms with Crippen molar-refractivity contribution < 1.29 is 19.1 Å². The Morgan fingerprint density at radius 2 is 2.19 bits per heavy atom. The Morgan fingerprint density at radius 1 is 1.43 bits per heavy atom. The van der Waals surface area contributed by atoms with E-state index in [9.17, 15) is 14.0 Å². The number of aromatic carboxylic acids is 1. The van der Waals surface area contributed by atoms with Crippen LogP contribution in [0.15, 0.2) is 30.7 Å². The van der Waals surface area contributed by atoms with E-state index in [1.54, 1.807) is 0 Å². The van der Waals surface area contributed by atoms with E-state index in [0.29, 0.717) is 6.54 Å². The molecule has 8 heteroatoms. The summed E-state index contributed by atoms with van der Waals surface area (Å²) in [5.74, 6) is -2.16. The molecule has 2 aromatic rings. The number of halogens is 1. The fourth-order valence-electron chi connectivity index (χ4n) is 1.71. The zero-order chi connectivity index (χ0) is 15.4. The number of aromatic nitrogens is 2. The molecular formula is C13H13FN4O3. The standard InChI is InChI=1S/C13H13FN4O3/c14-8-1-2-10(15)9(5-8)12(19)16-3-4-18-6-11(13(20)21)17-7-18/h1-2,5-7H,3-4,15H2,(H,16,19)(H,20,21). The first-order valence-electron chi connectivity index (χ1n) is 6.05. The van der Waals surface area contributed by atoms with E-state index in [1.807, 2.05) is 0 Å². The lowest BCUT2D eigenvalue weighted by atomic mass is 10.1. The maximum absolute atomic E-state index is 13.1. The predicted molar refractivity (Wildman–Crippen MR) is 72.3 cm³/mol. The fourth-order valence-corrected chi connectivity index (χ4v) is 1.71. The summed E-state index contributed by atoms with van der Waals surface area (Å²) >= 11 is 0. The zero-order valence-corrected chi connectivity index (χ0v) is 10.9. The summed E-state index contributed by atoms with van der Waals surface area (Å²) in [7, 11) is 0. The minimum absolute atomic E-state index is 0.0619. The number of carboxylic acid groups (broad SMARTS) is 1. The Labute approximate surface area is 119 Å². The van der Waals surface area contributed by atoms with E-state index >= 15 is 0 Å². The first kappa shape index (κ1) is 14.5. The maximum Gasteiger partial charge on any atom is 0.356 e. The number of nitrogens with one attached hydrogen (secondary N) is 1. The molecule has 0 aliphatic rings. The smallest absolute Gasteiger partial charge is 0.356 e. The number of nitrogens with two attached hydrogens (primary N) is 1. The van der Waals surface area contributed by atoms with Crippen molar-refractivity contribution in [2.75, 3.05) is 12.3 Å². The molecule has 0 fully saturated rings. The Balaban J connectivity index is 1.92. The molecule has 0 atom stereocenters. The van der Waals surface area contributed by atoms with E-state index < -0.39 is 17.7 Å². The number of carbonyl (C=O) groups is 2. The van der Waals surface area contributed by atoms with Crippen LogP contribution in [0.1, 0.15) is 20.8 Å². The minimum Gasteiger partial charge on any atom is -0.476 e. The number of nitrogen functional groups attached to an aromatic ring is 1. The molecule has 1 amide bonds. The number of hydrogen-bond acceptors (Lipinski definition) is 4. The predicted octanol–water partition coefficient (Wildman–Crippen LogP) is 0.733. The van der Waals surface area contributed by atoms with Crippen LogP contribution in [0.2, 0.25) is 0 Å². The molecule has 0 unspecified atom stereocenters. The van der Waals surface area contributed by atoms with Gasteiger partial charge in [-0.2, -0.15) is 0 Å². The number of rotatable bonds is 5. The van der Waals surface area contributed by atoms with E-state index in [2.05, 4.69) is 10.3 Å². The van der Waals surface area contributed by atoms with Crippen LogP contribution in [0, 0.1) is 5.82 Å². The van der Waals surface area contributed by atoms with Gasteiger partial charge in [0.25, 0.3) is 5.91 Å². The molecule has 110 valence electrons. The quantitative estimate of drug-likeness (QED) is 0.704. The average Bonchev–Trinajstić information content (AvgIpc) is 2.90. The molecule has 0 radical (unpaired) electrons. The van der Waals surface area contributed by atoms with Gasteiger partial charge in [0.15, 0.2) is 5.69 Å². The normalized spacial score (nSPS) is 10.3. The van der Waals surface area contributed by atoms with Gasteiger partial charge in [-0.05, 0) is 18.2 Å². The highest BCUT2D eigenvalue weighted by Crippen LogP contribution is 2.12. The lowest BCUT2D eigenvalue weighted by Gasteiger charge is -2.08. The molecule has 0 aliphatic carbocycles. The van der Waals surface area contributed by atoms with Crippen LogP contribution in [0.4, 0.5) is 10.1 Å². The topological polar surface area (TPSA) is 110 Å². The van der Waals surface area contributed by atoms with Crippen LogP contribution in [-0.2, 0) is 6.54 Å². The highest BCUT2D eigenvalue weighted by Gasteiger charge is 2.11. The van der Waals surface area contributed by atoms with Crippen LogP contribution >= 0.6 is 0 Å². The van der Waals surface area contributed by atoms with Gasteiger partial charge in [0, 0.05) is 25.0 Å². The summed E-state index contributed by atoms with van der Waals surface area (Å²) in [6.45, 7) is 0.561. The van der Waals surface area contributed by atoms with Crippen LogP contribution in [0.25, 0.3) is 0 Å². The molecule has 1 aromatic carbocycles. The van der Waals surface area contributed by atoms with E-state index in [1.165, 1.54) is 29.2 Å². The Hall–Kier alpha value is -2.90. The molecule has 4 N–H and O–H groups in total. The molecule has 2 rings (SSSR count). The second kappa shape index (κ2) is 6.04. The van der Waals surface area contributed by atoms with Gasteiger partial charge in [0.2, 0.25) is 0 Å². The van der Waals surface area contributed by atoms with Crippen LogP contribution in [-0.4, -0.2) is 33.1 Å². The summed E-state index contributed by atoms with van der Waals surface area (Å²) < 4.78 is 14.6. The van der Waals surface area contributed by atoms with Crippen molar-refractivity contribution in [1.82, 2.24) is 14.9 Å². The van der Waals surface area contributed by atoms with E-state index in [0.717, 1.165) is 6.07 Å². The van der Waals surface area contributed by atoms with Crippen molar-refractivity contribution in [1.29, 1.82) is 0 Å². The molecular weight excluding hydrogens is 279 g/mol. The van der Waals surface area contributed by atoms with Crippen molar-refractivity contribution in [3.8, 4) is 0 Å². The zero-order valence-electron chi connectivity index (χ0n) is 10.9. The highest BCUT2D eigenvalue weighted by atomic mass is 19.1. The van der Waals surface area contributed by atoms with Crippen molar-refractivity contribution in [2.45, 2.75) is 6.54 Å². The molecule has 0 spiro atoms. The minimum atomic E-state index is -1.12. The third-order valence-corrected chi connectivity index (χ3v) is 2.77. The van der Waals surface area contributed by atoms with E-state index in [-0.39, 0.29) is 23.5 Å². The summed E-state index contributed by atoms with van der Waals surface area (Å²) in [6.07, 6.45) is 2.71. The molecule has 0 aliphatic heterocycles. The van der Waals surface area contributed by atoms with Gasteiger partial charge < -0.3 is 20.7 Å². The van der Waals surface area contributed by atoms with Gasteiger partial charge in [-0.1, -0.05) is 0 Å². The molecule has 1 aromatic heterocycles. The summed E-state index contributed by atoms with van der Waals surface area (Å²) in [4.78, 5) is 26.2. The van der Waals surface area contributed by atoms with Crippen LogP contribution in [0.5, 0.6) is 0 Å². The molecule has 0 bridgehead atoms. The van der Waals surface area contributed by atoms with Crippen molar-refractivity contribution in [3.05, 3.63) is 47.8 Å². The van der Waals surface area contributed by atoms with Gasteiger partial charge >= 0.3 is 5.97 Å². The first-order chi connectivity index (χ1) is 9.97. The Bertz CT molecular complexity index is 684. The third kappa shape index (κ3) is 3.56. The van der Waals surface area contributed by atoms with Crippen molar-refractivity contribution in [2.24, 2.45) is 0 Å². The third-order valence-electron chi connectivity index (χ3n) is 2.77. The molecule has 7 nitrogen and oxygen atoms in total. The largest absolute Gasteiger partial charge is 0.476 e. The number of anilines is 1. The number of carbonyl (C=O) groups excluding carboxylic acids is 1. The molecule has 0 saturated carbocycles. The van der Waals surface area contributed by atoms with Crippen molar-refractivity contribution in [3.63, 3.8) is 0 Å². The number of benzene rings is 1. The Morgan fingerprint density at radius 3 is 2.86 bits per heavy atom. The molecule has 1 heterocycles. The maximum atomic E-state index is 13.1. The van der Waals surface area contributed by atoms with Gasteiger partial charge in [0.05, 0.1) is 11.9 Å². The SMILES string of the molecule is Nc1ccc(F)cc1C(=O)NCCn1cnc(C(=O)O)c1. The van der Waals surface area contributed by atoms with Crippen LogP contribution in [0.3, 0.4) is 0 Å². The number of carboxylic acids is 1. The fraction of sp³-hybridized carbons (Fsp3) is 0.154. The number of imidazole rings is 1. The second-order valence-electron chi connectivity index (χ2n) is 4.29.